The molecule has 1 aliphatic heterocycles. The highest BCUT2D eigenvalue weighted by molar-refractivity contribution is 6.30. The number of rotatable bonds is 1. The van der Waals surface area contributed by atoms with Crippen molar-refractivity contribution in [3.8, 4) is 0 Å². The summed E-state index contributed by atoms with van der Waals surface area (Å²) in [6.45, 7) is 0. The Morgan fingerprint density at radius 3 is 2.47 bits per heavy atom. The second-order valence-electron chi connectivity index (χ2n) is 4.05. The minimum atomic E-state index is -0.0593. The maximum Gasteiger partial charge on any atom is 0.252 e. The average Bonchev–Trinajstić information content (AvgIpc) is 2.69. The predicted octanol–water partition coefficient (Wildman–Crippen LogP) is 3.17. The lowest BCUT2D eigenvalue weighted by Crippen LogP contribution is -2.19. The molecule has 3 rings (SSSR count). The van der Waals surface area contributed by atoms with E-state index in [-0.39, 0.29) is 11.9 Å². The molecule has 1 amide bonds. The van der Waals surface area contributed by atoms with Crippen molar-refractivity contribution < 1.29 is 4.79 Å². The Kier molecular flexibility index (Phi) is 2.37. The van der Waals surface area contributed by atoms with E-state index in [0.29, 0.717) is 5.02 Å². The monoisotopic (exact) mass is 243 g/mol. The molecule has 0 aliphatic carbocycles. The van der Waals surface area contributed by atoms with Crippen molar-refractivity contribution in [2.24, 2.45) is 0 Å². The van der Waals surface area contributed by atoms with E-state index in [0.717, 1.165) is 16.7 Å². The lowest BCUT2D eigenvalue weighted by atomic mass is 9.99. The van der Waals surface area contributed by atoms with E-state index < -0.39 is 0 Å². The number of benzene rings is 2. The van der Waals surface area contributed by atoms with E-state index in [1.807, 2.05) is 48.5 Å². The highest BCUT2D eigenvalue weighted by Crippen LogP contribution is 2.30. The lowest BCUT2D eigenvalue weighted by Gasteiger charge is -2.11. The van der Waals surface area contributed by atoms with Crippen LogP contribution in [0.2, 0.25) is 5.02 Å². The fourth-order valence-corrected chi connectivity index (χ4v) is 2.29. The molecule has 1 atom stereocenters. The Morgan fingerprint density at radius 1 is 1.00 bits per heavy atom. The largest absolute Gasteiger partial charge is 0.341 e. The number of carbonyl (C=O) groups is 1. The quantitative estimate of drug-likeness (QED) is 0.819. The molecule has 0 saturated carbocycles. The van der Waals surface area contributed by atoms with Gasteiger partial charge in [-0.15, -0.1) is 0 Å². The van der Waals surface area contributed by atoms with Crippen LogP contribution < -0.4 is 5.32 Å². The van der Waals surface area contributed by atoms with E-state index in [4.69, 9.17) is 11.6 Å². The van der Waals surface area contributed by atoms with E-state index in [1.165, 1.54) is 0 Å². The summed E-state index contributed by atoms with van der Waals surface area (Å²) in [7, 11) is 0. The first-order chi connectivity index (χ1) is 8.25. The number of hydrogen-bond donors (Lipinski definition) is 1. The van der Waals surface area contributed by atoms with Crippen LogP contribution in [0.15, 0.2) is 48.5 Å². The molecule has 0 bridgehead atoms. The zero-order valence-electron chi connectivity index (χ0n) is 8.98. The Labute approximate surface area is 104 Å². The van der Waals surface area contributed by atoms with Gasteiger partial charge in [0.25, 0.3) is 5.91 Å². The predicted molar refractivity (Wildman–Crippen MR) is 67.2 cm³/mol. The molecular formula is C14H10ClNO. The third-order valence-corrected chi connectivity index (χ3v) is 3.25. The SMILES string of the molecule is O=C1N[C@@H](c2ccc(Cl)cc2)c2ccccc21. The number of hydrogen-bond acceptors (Lipinski definition) is 1. The molecule has 17 heavy (non-hydrogen) atoms. The van der Waals surface area contributed by atoms with Gasteiger partial charge in [-0.3, -0.25) is 4.79 Å². The first-order valence-corrected chi connectivity index (χ1v) is 5.79. The maximum atomic E-state index is 11.8. The highest BCUT2D eigenvalue weighted by atomic mass is 35.5. The Balaban J connectivity index is 2.07. The molecule has 1 heterocycles. The van der Waals surface area contributed by atoms with Gasteiger partial charge in [-0.1, -0.05) is 41.9 Å². The molecule has 3 heteroatoms. The van der Waals surface area contributed by atoms with Crippen LogP contribution in [0.3, 0.4) is 0 Å². The van der Waals surface area contributed by atoms with Crippen LogP contribution >= 0.6 is 11.6 Å². The molecule has 1 N–H and O–H groups in total. The molecule has 0 saturated heterocycles. The normalized spacial score (nSPS) is 17.7. The van der Waals surface area contributed by atoms with Gasteiger partial charge in [0.2, 0.25) is 0 Å². The summed E-state index contributed by atoms with van der Waals surface area (Å²) in [5.41, 5.74) is 2.83. The Hall–Kier alpha value is -1.80. The molecular weight excluding hydrogens is 234 g/mol. The number of nitrogens with one attached hydrogen (secondary N) is 1. The summed E-state index contributed by atoms with van der Waals surface area (Å²) in [6.07, 6.45) is 0. The fourth-order valence-electron chi connectivity index (χ4n) is 2.16. The molecule has 0 fully saturated rings. The molecule has 0 aromatic heterocycles. The molecule has 2 nitrogen and oxygen atoms in total. The van der Waals surface area contributed by atoms with Crippen LogP contribution in [0, 0.1) is 0 Å². The number of fused-ring (bicyclic) bond motifs is 1. The van der Waals surface area contributed by atoms with Crippen molar-refractivity contribution in [2.45, 2.75) is 6.04 Å². The number of amides is 1. The van der Waals surface area contributed by atoms with Gasteiger partial charge in [0, 0.05) is 10.6 Å². The maximum absolute atomic E-state index is 11.8. The molecule has 2 aromatic rings. The van der Waals surface area contributed by atoms with Crippen molar-refractivity contribution in [3.63, 3.8) is 0 Å². The van der Waals surface area contributed by atoms with Crippen molar-refractivity contribution in [2.75, 3.05) is 0 Å². The molecule has 84 valence electrons. The first kappa shape index (κ1) is 10.4. The lowest BCUT2D eigenvalue weighted by molar-refractivity contribution is 0.0960. The van der Waals surface area contributed by atoms with Crippen LogP contribution in [0.1, 0.15) is 27.5 Å². The van der Waals surface area contributed by atoms with Crippen molar-refractivity contribution >= 4 is 17.5 Å². The van der Waals surface area contributed by atoms with Crippen molar-refractivity contribution in [3.05, 3.63) is 70.2 Å². The third kappa shape index (κ3) is 1.71. The summed E-state index contributed by atoms with van der Waals surface area (Å²) in [5, 5.41) is 3.67. The van der Waals surface area contributed by atoms with Crippen LogP contribution in [0.5, 0.6) is 0 Å². The first-order valence-electron chi connectivity index (χ1n) is 5.41. The molecule has 2 aromatic carbocycles. The van der Waals surface area contributed by atoms with E-state index >= 15 is 0 Å². The van der Waals surface area contributed by atoms with Gasteiger partial charge in [0.15, 0.2) is 0 Å². The van der Waals surface area contributed by atoms with Gasteiger partial charge in [-0.2, -0.15) is 0 Å². The number of halogens is 1. The van der Waals surface area contributed by atoms with Crippen LogP contribution in [0.4, 0.5) is 0 Å². The summed E-state index contributed by atoms with van der Waals surface area (Å²) in [4.78, 5) is 11.8. The van der Waals surface area contributed by atoms with E-state index in [2.05, 4.69) is 5.32 Å². The zero-order chi connectivity index (χ0) is 11.8. The fraction of sp³-hybridized carbons (Fsp3) is 0.0714. The van der Waals surface area contributed by atoms with Gasteiger partial charge < -0.3 is 5.32 Å². The van der Waals surface area contributed by atoms with Gasteiger partial charge >= 0.3 is 0 Å². The van der Waals surface area contributed by atoms with Crippen LogP contribution in [-0.4, -0.2) is 5.91 Å². The number of carbonyl (C=O) groups excluding carboxylic acids is 1. The summed E-state index contributed by atoms with van der Waals surface area (Å²) in [5.74, 6) is -0.0134. The van der Waals surface area contributed by atoms with E-state index in [1.54, 1.807) is 0 Å². The molecule has 0 spiro atoms. The van der Waals surface area contributed by atoms with E-state index in [9.17, 15) is 4.79 Å². The minimum absolute atomic E-state index is 0.0134. The second-order valence-corrected chi connectivity index (χ2v) is 4.48. The zero-order valence-corrected chi connectivity index (χ0v) is 9.74. The third-order valence-electron chi connectivity index (χ3n) is 3.00. The van der Waals surface area contributed by atoms with Crippen molar-refractivity contribution in [1.82, 2.24) is 5.32 Å². The van der Waals surface area contributed by atoms with Gasteiger partial charge in [-0.25, -0.2) is 0 Å². The second kappa shape index (κ2) is 3.90. The minimum Gasteiger partial charge on any atom is -0.341 e. The standard InChI is InChI=1S/C14H10ClNO/c15-10-7-5-9(6-8-10)13-11-3-1-2-4-12(11)14(17)16-13/h1-8,13H,(H,16,17)/t13-/m0/s1. The summed E-state index contributed by atoms with van der Waals surface area (Å²) >= 11 is 5.86. The summed E-state index contributed by atoms with van der Waals surface area (Å²) in [6, 6.07) is 15.1. The van der Waals surface area contributed by atoms with Gasteiger partial charge in [0.1, 0.15) is 0 Å². The highest BCUT2D eigenvalue weighted by Gasteiger charge is 2.28. The Bertz CT molecular complexity index is 577. The van der Waals surface area contributed by atoms with Gasteiger partial charge in [0.05, 0.1) is 6.04 Å². The molecule has 0 radical (unpaired) electrons. The van der Waals surface area contributed by atoms with Gasteiger partial charge in [-0.05, 0) is 29.3 Å². The smallest absolute Gasteiger partial charge is 0.252 e. The molecule has 1 aliphatic rings. The Morgan fingerprint density at radius 2 is 1.71 bits per heavy atom. The van der Waals surface area contributed by atoms with Crippen LogP contribution in [-0.2, 0) is 0 Å². The van der Waals surface area contributed by atoms with Crippen molar-refractivity contribution in [1.29, 1.82) is 0 Å². The average molecular weight is 244 g/mol. The molecule has 0 unspecified atom stereocenters. The topological polar surface area (TPSA) is 29.1 Å². The van der Waals surface area contributed by atoms with Crippen LogP contribution in [0.25, 0.3) is 0 Å². The summed E-state index contributed by atoms with van der Waals surface area (Å²) < 4.78 is 0.